The number of esters is 1. The van der Waals surface area contributed by atoms with Crippen LogP contribution in [0.15, 0.2) is 5.38 Å². The van der Waals surface area contributed by atoms with E-state index in [4.69, 9.17) is 10.6 Å². The summed E-state index contributed by atoms with van der Waals surface area (Å²) in [7, 11) is 3.69. The van der Waals surface area contributed by atoms with Crippen molar-refractivity contribution in [1.29, 1.82) is 0 Å². The van der Waals surface area contributed by atoms with Crippen LogP contribution in [0.25, 0.3) is 0 Å². The molecule has 250 valence electrons. The van der Waals surface area contributed by atoms with Crippen LogP contribution in [-0.2, 0) is 30.3 Å². The normalized spacial score (nSPS) is 13.8. The molecule has 0 bridgehead atoms. The van der Waals surface area contributed by atoms with E-state index >= 15 is 0 Å². The van der Waals surface area contributed by atoms with E-state index < -0.39 is 12.0 Å². The summed E-state index contributed by atoms with van der Waals surface area (Å²) in [4.78, 5) is 71.0. The monoisotopic (exact) mass is 639 g/mol. The van der Waals surface area contributed by atoms with E-state index in [0.717, 1.165) is 11.4 Å². The first-order chi connectivity index (χ1) is 20.9. The van der Waals surface area contributed by atoms with Crippen molar-refractivity contribution in [3.05, 3.63) is 16.1 Å². The van der Waals surface area contributed by atoms with Crippen molar-refractivity contribution in [3.8, 4) is 0 Å². The SMILES string of the molecule is CCCC(=O)OCN(CCCc1nc(C(=O)NCCC(C)C(=O)NN)cs1)C(=O)C(NC(=O)C(CCC)N(C)C)C(C)CC. The van der Waals surface area contributed by atoms with Gasteiger partial charge in [-0.25, -0.2) is 10.8 Å². The third-order valence-electron chi connectivity index (χ3n) is 7.47. The first kappa shape index (κ1) is 38.9. The van der Waals surface area contributed by atoms with Gasteiger partial charge in [-0.3, -0.25) is 34.3 Å². The largest absolute Gasteiger partial charge is 0.444 e. The lowest BCUT2D eigenvalue weighted by Gasteiger charge is -2.32. The Labute approximate surface area is 266 Å². The minimum atomic E-state index is -0.773. The van der Waals surface area contributed by atoms with E-state index in [2.05, 4.69) is 21.0 Å². The fraction of sp³-hybridized carbons (Fsp3) is 0.733. The number of carbonyl (C=O) groups is 5. The number of hydrazine groups is 1. The molecule has 0 saturated carbocycles. The number of thiazole rings is 1. The minimum Gasteiger partial charge on any atom is -0.444 e. The van der Waals surface area contributed by atoms with E-state index in [1.54, 1.807) is 12.3 Å². The molecule has 13 nitrogen and oxygen atoms in total. The summed E-state index contributed by atoms with van der Waals surface area (Å²) in [6, 6.07) is -1.13. The molecule has 1 aromatic rings. The second-order valence-electron chi connectivity index (χ2n) is 11.3. The van der Waals surface area contributed by atoms with E-state index in [9.17, 15) is 24.0 Å². The van der Waals surface area contributed by atoms with Crippen LogP contribution in [0.5, 0.6) is 0 Å². The van der Waals surface area contributed by atoms with Crippen molar-refractivity contribution >= 4 is 40.9 Å². The molecule has 14 heteroatoms. The van der Waals surface area contributed by atoms with Crippen LogP contribution < -0.4 is 21.9 Å². The van der Waals surface area contributed by atoms with E-state index in [0.29, 0.717) is 45.1 Å². The maximum absolute atomic E-state index is 13.9. The zero-order valence-electron chi connectivity index (χ0n) is 27.4. The summed E-state index contributed by atoms with van der Waals surface area (Å²) >= 11 is 1.34. The van der Waals surface area contributed by atoms with Gasteiger partial charge in [-0.15, -0.1) is 11.3 Å². The van der Waals surface area contributed by atoms with Gasteiger partial charge in [0.1, 0.15) is 11.7 Å². The maximum atomic E-state index is 13.9. The average Bonchev–Trinajstić information content (AvgIpc) is 3.47. The second kappa shape index (κ2) is 20.8. The van der Waals surface area contributed by atoms with Crippen molar-refractivity contribution in [2.24, 2.45) is 17.7 Å². The van der Waals surface area contributed by atoms with Gasteiger partial charge in [-0.2, -0.15) is 0 Å². The van der Waals surface area contributed by atoms with Gasteiger partial charge in [-0.05, 0) is 45.7 Å². The Hall–Kier alpha value is -3.10. The van der Waals surface area contributed by atoms with Crippen LogP contribution in [0.1, 0.15) is 95.1 Å². The molecule has 0 aliphatic carbocycles. The van der Waals surface area contributed by atoms with Gasteiger partial charge in [0.2, 0.25) is 17.7 Å². The second-order valence-corrected chi connectivity index (χ2v) is 12.3. The number of ether oxygens (including phenoxy) is 1. The number of likely N-dealkylation sites (N-methyl/N-ethyl adjacent to an activating group) is 1. The van der Waals surface area contributed by atoms with Crippen LogP contribution in [0.2, 0.25) is 0 Å². The summed E-state index contributed by atoms with van der Waals surface area (Å²) in [5, 5.41) is 8.14. The molecule has 5 N–H and O–H groups in total. The molecule has 4 amide bonds. The Morgan fingerprint density at radius 2 is 1.75 bits per heavy atom. The molecule has 4 unspecified atom stereocenters. The summed E-state index contributed by atoms with van der Waals surface area (Å²) in [6.07, 6.45) is 4.48. The number of rotatable bonds is 21. The first-order valence-electron chi connectivity index (χ1n) is 15.5. The number of amides is 4. The quantitative estimate of drug-likeness (QED) is 0.0517. The molecule has 1 heterocycles. The van der Waals surface area contributed by atoms with Gasteiger partial charge >= 0.3 is 5.97 Å². The Morgan fingerprint density at radius 3 is 2.34 bits per heavy atom. The zero-order chi connectivity index (χ0) is 33.2. The number of carbonyl (C=O) groups excluding carboxylic acids is 5. The van der Waals surface area contributed by atoms with Gasteiger partial charge in [0.15, 0.2) is 6.73 Å². The molecule has 0 spiro atoms. The molecular weight excluding hydrogens is 586 g/mol. The fourth-order valence-electron chi connectivity index (χ4n) is 4.41. The Bertz CT molecular complexity index is 1070. The molecule has 1 aromatic heterocycles. The number of hydrogen-bond donors (Lipinski definition) is 4. The molecule has 4 atom stereocenters. The molecule has 0 aromatic carbocycles. The lowest BCUT2D eigenvalue weighted by molar-refractivity contribution is -0.155. The minimum absolute atomic E-state index is 0.141. The van der Waals surface area contributed by atoms with Gasteiger partial charge in [0.25, 0.3) is 5.91 Å². The van der Waals surface area contributed by atoms with Gasteiger partial charge in [-0.1, -0.05) is 47.5 Å². The number of hydrogen-bond acceptors (Lipinski definition) is 10. The van der Waals surface area contributed by atoms with Crippen molar-refractivity contribution in [3.63, 3.8) is 0 Å². The number of nitrogens with zero attached hydrogens (tertiary/aromatic N) is 3. The number of aryl methyl sites for hydroxylation is 1. The highest BCUT2D eigenvalue weighted by molar-refractivity contribution is 7.09. The molecule has 1 rings (SSSR count). The molecule has 0 fully saturated rings. The smallest absolute Gasteiger partial charge is 0.307 e. The van der Waals surface area contributed by atoms with Crippen LogP contribution >= 0.6 is 11.3 Å². The highest BCUT2D eigenvalue weighted by Gasteiger charge is 2.33. The Balaban J connectivity index is 2.94. The van der Waals surface area contributed by atoms with Crippen molar-refractivity contribution in [1.82, 2.24) is 30.8 Å². The van der Waals surface area contributed by atoms with Crippen molar-refractivity contribution in [2.45, 2.75) is 98.1 Å². The van der Waals surface area contributed by atoms with Crippen LogP contribution in [0.4, 0.5) is 0 Å². The third kappa shape index (κ3) is 13.3. The lowest BCUT2D eigenvalue weighted by Crippen LogP contribution is -2.56. The van der Waals surface area contributed by atoms with Crippen LogP contribution in [0.3, 0.4) is 0 Å². The molecule has 44 heavy (non-hydrogen) atoms. The van der Waals surface area contributed by atoms with Gasteiger partial charge in [0, 0.05) is 37.2 Å². The molecular formula is C30H53N7O6S. The topological polar surface area (TPSA) is 176 Å². The summed E-state index contributed by atoms with van der Waals surface area (Å²) in [5.74, 6) is 3.14. The average molecular weight is 640 g/mol. The highest BCUT2D eigenvalue weighted by Crippen LogP contribution is 2.16. The van der Waals surface area contributed by atoms with Crippen molar-refractivity contribution in [2.75, 3.05) is 33.9 Å². The number of nitrogens with one attached hydrogen (secondary N) is 3. The van der Waals surface area contributed by atoms with Crippen LogP contribution in [0, 0.1) is 11.8 Å². The molecule has 0 aliphatic rings. The van der Waals surface area contributed by atoms with Gasteiger partial charge < -0.3 is 20.3 Å². The standard InChI is InChI=1S/C30H53N7O6S/c1-8-12-23(36(6)7)29(41)34-26(20(4)10-3)30(42)37(19-43-25(38)13-9-2)17-11-14-24-33-22(18-44-24)28(40)32-16-15-21(5)27(39)35-31/h18,20-21,23,26H,8-17,19,31H2,1-7H3,(H,32,40)(H,34,41)(H,35,39). The predicted octanol–water partition coefficient (Wildman–Crippen LogP) is 2.21. The highest BCUT2D eigenvalue weighted by atomic mass is 32.1. The Morgan fingerprint density at radius 1 is 1.05 bits per heavy atom. The summed E-state index contributed by atoms with van der Waals surface area (Å²) < 4.78 is 5.42. The van der Waals surface area contributed by atoms with Crippen LogP contribution in [-0.4, -0.2) is 90.4 Å². The van der Waals surface area contributed by atoms with E-state index in [1.807, 2.05) is 46.7 Å². The maximum Gasteiger partial charge on any atom is 0.307 e. The van der Waals surface area contributed by atoms with E-state index in [1.165, 1.54) is 16.2 Å². The zero-order valence-corrected chi connectivity index (χ0v) is 28.3. The molecule has 0 aliphatic heterocycles. The lowest BCUT2D eigenvalue weighted by atomic mass is 9.97. The summed E-state index contributed by atoms with van der Waals surface area (Å²) in [5.41, 5.74) is 2.38. The molecule has 0 radical (unpaired) electrons. The predicted molar refractivity (Wildman–Crippen MR) is 170 cm³/mol. The first-order valence-corrected chi connectivity index (χ1v) is 16.4. The number of aromatic nitrogens is 1. The van der Waals surface area contributed by atoms with Gasteiger partial charge in [0.05, 0.1) is 11.0 Å². The fourth-order valence-corrected chi connectivity index (χ4v) is 5.23. The van der Waals surface area contributed by atoms with E-state index in [-0.39, 0.29) is 66.9 Å². The third-order valence-corrected chi connectivity index (χ3v) is 8.38. The molecule has 0 saturated heterocycles. The van der Waals surface area contributed by atoms with Crippen molar-refractivity contribution < 1.29 is 28.7 Å². The Kier molecular flexibility index (Phi) is 18.4. The summed E-state index contributed by atoms with van der Waals surface area (Å²) in [6.45, 7) is 9.86. The number of nitrogens with two attached hydrogens (primary N) is 1.